The first kappa shape index (κ1) is 22.9. The molecule has 0 aliphatic heterocycles. The molecule has 0 saturated carbocycles. The third-order valence-corrected chi connectivity index (χ3v) is 4.66. The molecular weight excluding hydrogens is 427 g/mol. The predicted molar refractivity (Wildman–Crippen MR) is 111 cm³/mol. The van der Waals surface area contributed by atoms with E-state index in [4.69, 9.17) is 14.2 Å². The largest absolute Gasteiger partial charge is 0.506 e. The van der Waals surface area contributed by atoms with Gasteiger partial charge in [-0.2, -0.15) is 13.2 Å². The molecule has 168 valence electrons. The summed E-state index contributed by atoms with van der Waals surface area (Å²) in [6, 6.07) is 12.4. The van der Waals surface area contributed by atoms with Crippen LogP contribution in [0.2, 0.25) is 0 Å². The number of hydrogen-bond donors (Lipinski definition) is 1. The number of hydrogen-bond acceptors (Lipinski definition) is 6. The zero-order valence-electron chi connectivity index (χ0n) is 17.5. The Morgan fingerprint density at radius 2 is 1.44 bits per heavy atom. The van der Waals surface area contributed by atoms with E-state index in [2.05, 4.69) is 4.98 Å². The number of alkyl halides is 3. The number of halogens is 3. The molecule has 0 amide bonds. The fourth-order valence-electron chi connectivity index (χ4n) is 3.16. The van der Waals surface area contributed by atoms with Gasteiger partial charge in [0.15, 0.2) is 5.69 Å². The Bertz CT molecular complexity index is 1110. The van der Waals surface area contributed by atoms with Crippen LogP contribution in [0.3, 0.4) is 0 Å². The summed E-state index contributed by atoms with van der Waals surface area (Å²) in [5.74, 6) is -1.20. The van der Waals surface area contributed by atoms with E-state index in [0.717, 1.165) is 0 Å². The predicted octanol–water partition coefficient (Wildman–Crippen LogP) is 5.33. The smallest absolute Gasteiger partial charge is 0.434 e. The molecule has 0 saturated heterocycles. The third-order valence-electron chi connectivity index (χ3n) is 4.66. The van der Waals surface area contributed by atoms with E-state index in [1.165, 1.54) is 33.3 Å². The van der Waals surface area contributed by atoms with Crippen LogP contribution in [0.1, 0.15) is 23.0 Å². The summed E-state index contributed by atoms with van der Waals surface area (Å²) in [6.45, 7) is 1.28. The summed E-state index contributed by atoms with van der Waals surface area (Å²) >= 11 is 0. The summed E-state index contributed by atoms with van der Waals surface area (Å²) in [5, 5.41) is 11.0. The molecule has 3 rings (SSSR count). The van der Waals surface area contributed by atoms with Gasteiger partial charge in [-0.1, -0.05) is 12.1 Å². The highest BCUT2D eigenvalue weighted by Gasteiger charge is 2.41. The SMILES string of the molecule is CCOC(=O)c1c(C(F)(F)F)nc(-c2ccc(OC)cc2)c(-c2ccc(OC)cc2)c1O. The van der Waals surface area contributed by atoms with Crippen molar-refractivity contribution in [3.63, 3.8) is 0 Å². The highest BCUT2D eigenvalue weighted by atomic mass is 19.4. The number of methoxy groups -OCH3 is 2. The van der Waals surface area contributed by atoms with Crippen molar-refractivity contribution in [3.8, 4) is 39.6 Å². The van der Waals surface area contributed by atoms with Gasteiger partial charge < -0.3 is 19.3 Å². The van der Waals surface area contributed by atoms with E-state index in [0.29, 0.717) is 17.1 Å². The second kappa shape index (κ2) is 9.17. The molecule has 0 atom stereocenters. The maximum Gasteiger partial charge on any atom is 0.434 e. The van der Waals surface area contributed by atoms with Gasteiger partial charge in [0.2, 0.25) is 0 Å². The van der Waals surface area contributed by atoms with E-state index >= 15 is 0 Å². The van der Waals surface area contributed by atoms with Crippen molar-refractivity contribution in [2.24, 2.45) is 0 Å². The first-order valence-electron chi connectivity index (χ1n) is 9.51. The Labute approximate surface area is 182 Å². The van der Waals surface area contributed by atoms with E-state index in [1.54, 1.807) is 36.4 Å². The number of ether oxygens (including phenoxy) is 3. The van der Waals surface area contributed by atoms with E-state index in [9.17, 15) is 23.1 Å². The van der Waals surface area contributed by atoms with Gasteiger partial charge in [0.05, 0.1) is 32.1 Å². The van der Waals surface area contributed by atoms with Gasteiger partial charge in [-0.15, -0.1) is 0 Å². The van der Waals surface area contributed by atoms with Crippen molar-refractivity contribution in [2.45, 2.75) is 13.1 Å². The summed E-state index contributed by atoms with van der Waals surface area (Å²) in [5.41, 5.74) is -2.16. The molecule has 0 bridgehead atoms. The van der Waals surface area contributed by atoms with Gasteiger partial charge in [0.25, 0.3) is 0 Å². The molecule has 1 aromatic heterocycles. The average Bonchev–Trinajstić information content (AvgIpc) is 2.78. The summed E-state index contributed by atoms with van der Waals surface area (Å²) in [7, 11) is 2.92. The van der Waals surface area contributed by atoms with Gasteiger partial charge in [0, 0.05) is 5.56 Å². The van der Waals surface area contributed by atoms with Crippen molar-refractivity contribution < 1.29 is 37.3 Å². The molecule has 9 heteroatoms. The number of carbonyl (C=O) groups is 1. The van der Waals surface area contributed by atoms with Crippen molar-refractivity contribution in [1.29, 1.82) is 0 Å². The van der Waals surface area contributed by atoms with Crippen LogP contribution in [0, 0.1) is 0 Å². The lowest BCUT2D eigenvalue weighted by atomic mass is 9.94. The molecule has 32 heavy (non-hydrogen) atoms. The van der Waals surface area contributed by atoms with Gasteiger partial charge in [-0.05, 0) is 48.9 Å². The Morgan fingerprint density at radius 3 is 1.88 bits per heavy atom. The maximum atomic E-state index is 13.9. The van der Waals surface area contributed by atoms with E-state index in [-0.39, 0.29) is 23.4 Å². The molecule has 1 N–H and O–H groups in total. The summed E-state index contributed by atoms with van der Waals surface area (Å²) in [4.78, 5) is 16.2. The summed E-state index contributed by atoms with van der Waals surface area (Å²) < 4.78 is 56.6. The number of esters is 1. The fourth-order valence-corrected chi connectivity index (χ4v) is 3.16. The number of rotatable bonds is 6. The highest BCUT2D eigenvalue weighted by molar-refractivity contribution is 5.99. The first-order valence-corrected chi connectivity index (χ1v) is 9.51. The zero-order chi connectivity index (χ0) is 23.5. The number of aromatic hydroxyl groups is 1. The third kappa shape index (κ3) is 4.46. The van der Waals surface area contributed by atoms with Crippen LogP contribution in [-0.2, 0) is 10.9 Å². The Hall–Kier alpha value is -3.75. The molecule has 0 aliphatic rings. The van der Waals surface area contributed by atoms with E-state index < -0.39 is 29.2 Å². The number of aromatic nitrogens is 1. The number of pyridine rings is 1. The number of benzene rings is 2. The van der Waals surface area contributed by atoms with Gasteiger partial charge >= 0.3 is 12.1 Å². The minimum atomic E-state index is -5.01. The van der Waals surface area contributed by atoms with Gasteiger partial charge in [-0.25, -0.2) is 9.78 Å². The minimum absolute atomic E-state index is 0.0473. The second-order valence-electron chi connectivity index (χ2n) is 6.58. The lowest BCUT2D eigenvalue weighted by Gasteiger charge is -2.19. The second-order valence-corrected chi connectivity index (χ2v) is 6.58. The quantitative estimate of drug-likeness (QED) is 0.515. The van der Waals surface area contributed by atoms with Crippen LogP contribution in [0.25, 0.3) is 22.4 Å². The first-order chi connectivity index (χ1) is 15.2. The van der Waals surface area contributed by atoms with Gasteiger partial charge in [-0.3, -0.25) is 0 Å². The molecule has 3 aromatic rings. The lowest BCUT2D eigenvalue weighted by Crippen LogP contribution is -2.19. The van der Waals surface area contributed by atoms with E-state index in [1.807, 2.05) is 0 Å². The molecule has 6 nitrogen and oxygen atoms in total. The zero-order valence-corrected chi connectivity index (χ0v) is 17.5. The molecule has 0 spiro atoms. The molecular formula is C23H20F3NO5. The monoisotopic (exact) mass is 447 g/mol. The molecule has 0 radical (unpaired) electrons. The van der Waals surface area contributed by atoms with Crippen LogP contribution < -0.4 is 9.47 Å². The lowest BCUT2D eigenvalue weighted by molar-refractivity contribution is -0.141. The summed E-state index contributed by atoms with van der Waals surface area (Å²) in [6.07, 6.45) is -5.01. The fraction of sp³-hybridized carbons (Fsp3) is 0.217. The number of nitrogens with zero attached hydrogens (tertiary/aromatic N) is 1. The minimum Gasteiger partial charge on any atom is -0.506 e. The van der Waals surface area contributed by atoms with Crippen molar-refractivity contribution in [2.75, 3.05) is 20.8 Å². The van der Waals surface area contributed by atoms with Crippen LogP contribution in [0.5, 0.6) is 17.2 Å². The maximum absolute atomic E-state index is 13.9. The molecule has 0 fully saturated rings. The Morgan fingerprint density at radius 1 is 0.938 bits per heavy atom. The van der Waals surface area contributed by atoms with Crippen molar-refractivity contribution in [1.82, 2.24) is 4.98 Å². The van der Waals surface area contributed by atoms with Crippen LogP contribution in [0.4, 0.5) is 13.2 Å². The molecule has 1 heterocycles. The average molecular weight is 447 g/mol. The van der Waals surface area contributed by atoms with Crippen LogP contribution >= 0.6 is 0 Å². The Kier molecular flexibility index (Phi) is 6.57. The molecule has 0 aliphatic carbocycles. The Balaban J connectivity index is 2.38. The standard InChI is InChI=1S/C23H20F3NO5/c1-4-32-22(29)18-20(28)17(13-5-9-15(30-2)10-6-13)19(27-21(18)23(24,25)26)14-7-11-16(31-3)12-8-14/h5-12H,4H2,1-3H3,(H,27,28). The van der Waals surface area contributed by atoms with Crippen LogP contribution in [-0.4, -0.2) is 36.9 Å². The molecule has 2 aromatic carbocycles. The van der Waals surface area contributed by atoms with Crippen LogP contribution in [0.15, 0.2) is 48.5 Å². The van der Waals surface area contributed by atoms with Gasteiger partial charge in [0.1, 0.15) is 22.8 Å². The number of carbonyl (C=O) groups excluding carboxylic acids is 1. The van der Waals surface area contributed by atoms with Crippen molar-refractivity contribution in [3.05, 3.63) is 59.8 Å². The normalized spacial score (nSPS) is 11.2. The topological polar surface area (TPSA) is 77.9 Å². The molecule has 0 unspecified atom stereocenters. The highest BCUT2D eigenvalue weighted by Crippen LogP contribution is 2.45. The van der Waals surface area contributed by atoms with Crippen molar-refractivity contribution >= 4 is 5.97 Å².